The van der Waals surface area contributed by atoms with Gasteiger partial charge in [0, 0.05) is 29.5 Å². The molecular formula is C14H13ClN2O2. The fraction of sp³-hybridized carbons (Fsp3) is 0.0714. The van der Waals surface area contributed by atoms with Gasteiger partial charge in [-0.1, -0.05) is 17.7 Å². The Labute approximate surface area is 116 Å². The molecule has 0 saturated carbocycles. The summed E-state index contributed by atoms with van der Waals surface area (Å²) in [5.74, 6) is -0.193. The summed E-state index contributed by atoms with van der Waals surface area (Å²) in [6.07, 6.45) is 0. The molecule has 0 saturated heterocycles. The van der Waals surface area contributed by atoms with Crippen LogP contribution in [-0.2, 0) is 0 Å². The summed E-state index contributed by atoms with van der Waals surface area (Å²) in [5.41, 5.74) is 7.05. The minimum atomic E-state index is -0.286. The molecule has 0 aliphatic rings. The van der Waals surface area contributed by atoms with Crippen LogP contribution >= 0.6 is 11.6 Å². The predicted molar refractivity (Wildman–Crippen MR) is 76.7 cm³/mol. The molecule has 2 rings (SSSR count). The van der Waals surface area contributed by atoms with Gasteiger partial charge in [-0.25, -0.2) is 0 Å². The quantitative estimate of drug-likeness (QED) is 0.829. The van der Waals surface area contributed by atoms with E-state index in [0.29, 0.717) is 22.0 Å². The van der Waals surface area contributed by atoms with Crippen LogP contribution < -0.4 is 10.6 Å². The maximum atomic E-state index is 12.3. The highest BCUT2D eigenvalue weighted by Crippen LogP contribution is 2.24. The molecular weight excluding hydrogens is 264 g/mol. The van der Waals surface area contributed by atoms with Crippen LogP contribution in [0.25, 0.3) is 0 Å². The first kappa shape index (κ1) is 13.2. The molecule has 98 valence electrons. The highest BCUT2D eigenvalue weighted by molar-refractivity contribution is 6.31. The third-order valence-electron chi connectivity index (χ3n) is 2.77. The summed E-state index contributed by atoms with van der Waals surface area (Å²) in [7, 11) is 1.61. The third-order valence-corrected chi connectivity index (χ3v) is 3.00. The normalized spacial score (nSPS) is 10.2. The van der Waals surface area contributed by atoms with Gasteiger partial charge in [0.1, 0.15) is 5.75 Å². The maximum absolute atomic E-state index is 12.3. The molecule has 19 heavy (non-hydrogen) atoms. The lowest BCUT2D eigenvalue weighted by Crippen LogP contribution is -2.26. The molecule has 3 N–H and O–H groups in total. The van der Waals surface area contributed by atoms with Gasteiger partial charge in [-0.3, -0.25) is 4.79 Å². The minimum Gasteiger partial charge on any atom is -0.508 e. The molecule has 2 aromatic carbocycles. The zero-order chi connectivity index (χ0) is 14.0. The van der Waals surface area contributed by atoms with Crippen molar-refractivity contribution in [3.05, 3.63) is 53.1 Å². The van der Waals surface area contributed by atoms with Crippen LogP contribution in [0.1, 0.15) is 10.4 Å². The second-order valence-corrected chi connectivity index (χ2v) is 4.55. The Hall–Kier alpha value is -2.20. The highest BCUT2D eigenvalue weighted by Gasteiger charge is 2.16. The topological polar surface area (TPSA) is 66.6 Å². The fourth-order valence-electron chi connectivity index (χ4n) is 1.71. The van der Waals surface area contributed by atoms with E-state index >= 15 is 0 Å². The Balaban J connectivity index is 2.36. The molecule has 0 unspecified atom stereocenters. The van der Waals surface area contributed by atoms with Crippen LogP contribution in [0, 0.1) is 0 Å². The minimum absolute atomic E-state index is 0.0937. The summed E-state index contributed by atoms with van der Waals surface area (Å²) in [6, 6.07) is 11.2. The SMILES string of the molecule is CN(C(=O)c1cc(Cl)ccc1N)c1cccc(O)c1. The monoisotopic (exact) mass is 276 g/mol. The second-order valence-electron chi connectivity index (χ2n) is 4.12. The third kappa shape index (κ3) is 2.80. The summed E-state index contributed by atoms with van der Waals surface area (Å²) in [4.78, 5) is 13.7. The molecule has 0 aromatic heterocycles. The van der Waals surface area contributed by atoms with E-state index < -0.39 is 0 Å². The molecule has 0 aliphatic carbocycles. The van der Waals surface area contributed by atoms with Gasteiger partial charge >= 0.3 is 0 Å². The van der Waals surface area contributed by atoms with Crippen LogP contribution in [-0.4, -0.2) is 18.1 Å². The van der Waals surface area contributed by atoms with Gasteiger partial charge in [-0.2, -0.15) is 0 Å². The van der Waals surface area contributed by atoms with E-state index in [1.807, 2.05) is 0 Å². The lowest BCUT2D eigenvalue weighted by molar-refractivity contribution is 0.0994. The summed E-state index contributed by atoms with van der Waals surface area (Å²) in [6.45, 7) is 0. The average molecular weight is 277 g/mol. The number of carbonyl (C=O) groups is 1. The average Bonchev–Trinajstić information content (AvgIpc) is 2.40. The van der Waals surface area contributed by atoms with Gasteiger partial charge in [0.15, 0.2) is 0 Å². The number of aromatic hydroxyl groups is 1. The zero-order valence-electron chi connectivity index (χ0n) is 10.3. The van der Waals surface area contributed by atoms with Gasteiger partial charge in [-0.05, 0) is 30.3 Å². The van der Waals surface area contributed by atoms with E-state index in [1.165, 1.54) is 23.1 Å². The predicted octanol–water partition coefficient (Wildman–Crippen LogP) is 2.90. The van der Waals surface area contributed by atoms with E-state index in [1.54, 1.807) is 31.3 Å². The van der Waals surface area contributed by atoms with E-state index in [4.69, 9.17) is 17.3 Å². The first-order chi connectivity index (χ1) is 8.99. The first-order valence-electron chi connectivity index (χ1n) is 5.61. The number of amides is 1. The molecule has 5 heteroatoms. The second kappa shape index (κ2) is 5.20. The molecule has 0 bridgehead atoms. The lowest BCUT2D eigenvalue weighted by Gasteiger charge is -2.18. The number of nitrogen functional groups attached to an aromatic ring is 1. The number of carbonyl (C=O) groups excluding carboxylic acids is 1. The number of hydrogen-bond donors (Lipinski definition) is 2. The fourth-order valence-corrected chi connectivity index (χ4v) is 1.89. The van der Waals surface area contributed by atoms with Crippen LogP contribution in [0.4, 0.5) is 11.4 Å². The summed E-state index contributed by atoms with van der Waals surface area (Å²) in [5, 5.41) is 9.88. The van der Waals surface area contributed by atoms with Crippen molar-refractivity contribution in [2.45, 2.75) is 0 Å². The largest absolute Gasteiger partial charge is 0.508 e. The molecule has 1 amide bonds. The van der Waals surface area contributed by atoms with E-state index in [-0.39, 0.29) is 11.7 Å². The number of rotatable bonds is 2. The Morgan fingerprint density at radius 1 is 1.26 bits per heavy atom. The summed E-state index contributed by atoms with van der Waals surface area (Å²) >= 11 is 5.87. The van der Waals surface area contributed by atoms with Crippen molar-refractivity contribution >= 4 is 28.9 Å². The number of anilines is 2. The number of phenols is 1. The van der Waals surface area contributed by atoms with Crippen LogP contribution in [0.15, 0.2) is 42.5 Å². The number of nitrogens with zero attached hydrogens (tertiary/aromatic N) is 1. The van der Waals surface area contributed by atoms with E-state index in [2.05, 4.69) is 0 Å². The number of benzene rings is 2. The van der Waals surface area contributed by atoms with Crippen molar-refractivity contribution < 1.29 is 9.90 Å². The first-order valence-corrected chi connectivity index (χ1v) is 5.99. The molecule has 0 radical (unpaired) electrons. The molecule has 0 spiro atoms. The number of phenolic OH excluding ortho intramolecular Hbond substituents is 1. The van der Waals surface area contributed by atoms with Crippen molar-refractivity contribution in [3.63, 3.8) is 0 Å². The standard InChI is InChI=1S/C14H13ClN2O2/c1-17(10-3-2-4-11(18)8-10)14(19)12-7-9(15)5-6-13(12)16/h2-8,18H,16H2,1H3. The van der Waals surface area contributed by atoms with Crippen molar-refractivity contribution in [3.8, 4) is 5.75 Å². The zero-order valence-corrected chi connectivity index (χ0v) is 11.1. The molecule has 4 nitrogen and oxygen atoms in total. The Bertz CT molecular complexity index is 629. The smallest absolute Gasteiger partial charge is 0.260 e. The molecule has 0 atom stereocenters. The van der Waals surface area contributed by atoms with E-state index in [9.17, 15) is 9.90 Å². The van der Waals surface area contributed by atoms with Gasteiger partial charge in [-0.15, -0.1) is 0 Å². The van der Waals surface area contributed by atoms with Gasteiger partial charge < -0.3 is 15.7 Å². The van der Waals surface area contributed by atoms with Crippen LogP contribution in [0.3, 0.4) is 0 Å². The molecule has 0 heterocycles. The van der Waals surface area contributed by atoms with Crippen LogP contribution in [0.2, 0.25) is 5.02 Å². The molecule has 2 aromatic rings. The Kier molecular flexibility index (Phi) is 3.62. The molecule has 0 fully saturated rings. The van der Waals surface area contributed by atoms with Crippen molar-refractivity contribution in [1.29, 1.82) is 0 Å². The molecule has 0 aliphatic heterocycles. The number of hydrogen-bond acceptors (Lipinski definition) is 3. The Morgan fingerprint density at radius 3 is 2.68 bits per heavy atom. The van der Waals surface area contributed by atoms with Gasteiger partial charge in [0.05, 0.1) is 5.56 Å². The van der Waals surface area contributed by atoms with Gasteiger partial charge in [0.25, 0.3) is 5.91 Å². The number of nitrogens with two attached hydrogens (primary N) is 1. The highest BCUT2D eigenvalue weighted by atomic mass is 35.5. The van der Waals surface area contributed by atoms with E-state index in [0.717, 1.165) is 0 Å². The Morgan fingerprint density at radius 2 is 2.00 bits per heavy atom. The maximum Gasteiger partial charge on any atom is 0.260 e. The van der Waals surface area contributed by atoms with Crippen molar-refractivity contribution in [2.75, 3.05) is 17.7 Å². The lowest BCUT2D eigenvalue weighted by atomic mass is 10.1. The van der Waals surface area contributed by atoms with Crippen molar-refractivity contribution in [2.24, 2.45) is 0 Å². The van der Waals surface area contributed by atoms with Gasteiger partial charge in [0.2, 0.25) is 0 Å². The number of halogens is 1. The van der Waals surface area contributed by atoms with Crippen LogP contribution in [0.5, 0.6) is 5.75 Å². The van der Waals surface area contributed by atoms with Crippen molar-refractivity contribution in [1.82, 2.24) is 0 Å². The summed E-state index contributed by atoms with van der Waals surface area (Å²) < 4.78 is 0.